The molecule has 106 valence electrons. The highest BCUT2D eigenvalue weighted by Gasteiger charge is 2.17. The van der Waals surface area contributed by atoms with Gasteiger partial charge in [-0.15, -0.1) is 0 Å². The lowest BCUT2D eigenvalue weighted by Gasteiger charge is -2.04. The third-order valence-electron chi connectivity index (χ3n) is 2.64. The lowest BCUT2D eigenvalue weighted by atomic mass is 10.3. The van der Waals surface area contributed by atoms with Gasteiger partial charge in [0.25, 0.3) is 0 Å². The lowest BCUT2D eigenvalue weighted by molar-refractivity contribution is -0.136. The summed E-state index contributed by atoms with van der Waals surface area (Å²) in [4.78, 5) is 37.1. The number of aliphatic carboxylic acids is 1. The van der Waals surface area contributed by atoms with Crippen LogP contribution in [0.15, 0.2) is 32.7 Å². The Balaban J connectivity index is 2.51. The summed E-state index contributed by atoms with van der Waals surface area (Å²) in [6, 6.07) is 3.76. The number of H-pyrrole nitrogens is 2. The second-order valence-corrected chi connectivity index (χ2v) is 6.19. The minimum absolute atomic E-state index is 0.117. The number of carbonyl (C=O) groups is 1. The van der Waals surface area contributed by atoms with Gasteiger partial charge in [-0.3, -0.25) is 14.4 Å². The van der Waals surface area contributed by atoms with Crippen LogP contribution in [0.25, 0.3) is 11.0 Å². The number of carboxylic acids is 1. The number of aromatic nitrogens is 2. The van der Waals surface area contributed by atoms with Gasteiger partial charge in [0.05, 0.1) is 28.1 Å². The zero-order chi connectivity index (χ0) is 14.9. The lowest BCUT2D eigenvalue weighted by Crippen LogP contribution is -2.29. The number of nitrogens with one attached hydrogen (secondary N) is 2. The molecule has 1 aromatic heterocycles. The molecule has 0 spiro atoms. The third-order valence-corrected chi connectivity index (χ3v) is 4.35. The van der Waals surface area contributed by atoms with Gasteiger partial charge in [0, 0.05) is 0 Å². The molecule has 2 rings (SSSR count). The maximum absolute atomic E-state index is 11.9. The minimum Gasteiger partial charge on any atom is -0.481 e. The van der Waals surface area contributed by atoms with E-state index in [1.807, 2.05) is 0 Å². The van der Waals surface area contributed by atoms with E-state index in [1.165, 1.54) is 18.2 Å². The van der Waals surface area contributed by atoms with E-state index < -0.39 is 39.1 Å². The van der Waals surface area contributed by atoms with Crippen LogP contribution in [0.4, 0.5) is 0 Å². The summed E-state index contributed by atoms with van der Waals surface area (Å²) in [6.07, 6.45) is -0.511. The van der Waals surface area contributed by atoms with Crippen molar-refractivity contribution >= 4 is 26.8 Å². The van der Waals surface area contributed by atoms with Crippen molar-refractivity contribution in [2.45, 2.75) is 11.3 Å². The number of rotatable bonds is 4. The van der Waals surface area contributed by atoms with Crippen LogP contribution in [0.1, 0.15) is 6.42 Å². The van der Waals surface area contributed by atoms with Gasteiger partial charge in [0.1, 0.15) is 0 Å². The average Bonchev–Trinajstić information content (AvgIpc) is 2.37. The van der Waals surface area contributed by atoms with Crippen molar-refractivity contribution in [1.29, 1.82) is 0 Å². The molecule has 0 bridgehead atoms. The standard InChI is InChI=1S/C11H10N2O6S/c14-9(15)3-4-20(18,19)6-1-2-7-8(5-6)13-11(17)10(16)12-7/h1-2,5H,3-4H2,(H,12,16)(H,13,17)(H,14,15). The molecule has 1 aromatic carbocycles. The SMILES string of the molecule is O=C(O)CCS(=O)(=O)c1ccc2[nH]c(=O)c(=O)[nH]c2c1. The molecule has 20 heavy (non-hydrogen) atoms. The van der Waals surface area contributed by atoms with E-state index in [2.05, 4.69) is 9.97 Å². The molecule has 0 aliphatic carbocycles. The Bertz CT molecular complexity index is 893. The molecule has 0 saturated carbocycles. The first-order valence-electron chi connectivity index (χ1n) is 5.50. The van der Waals surface area contributed by atoms with Gasteiger partial charge in [-0.1, -0.05) is 0 Å². The van der Waals surface area contributed by atoms with Gasteiger partial charge < -0.3 is 15.1 Å². The number of aromatic amines is 2. The molecule has 2 aromatic rings. The number of hydrogen-bond acceptors (Lipinski definition) is 5. The smallest absolute Gasteiger partial charge is 0.314 e. The Kier molecular flexibility index (Phi) is 3.45. The van der Waals surface area contributed by atoms with Crippen molar-refractivity contribution in [3.05, 3.63) is 38.9 Å². The van der Waals surface area contributed by atoms with E-state index in [1.54, 1.807) is 0 Å². The highest BCUT2D eigenvalue weighted by molar-refractivity contribution is 7.91. The third kappa shape index (κ3) is 2.77. The molecule has 9 heteroatoms. The molecule has 8 nitrogen and oxygen atoms in total. The Morgan fingerprint density at radius 1 is 1.10 bits per heavy atom. The van der Waals surface area contributed by atoms with Crippen LogP contribution in [0.2, 0.25) is 0 Å². The van der Waals surface area contributed by atoms with Crippen molar-refractivity contribution in [3.63, 3.8) is 0 Å². The Labute approximate surface area is 112 Å². The highest BCUT2D eigenvalue weighted by atomic mass is 32.2. The van der Waals surface area contributed by atoms with Crippen LogP contribution in [-0.4, -0.2) is 35.2 Å². The normalized spacial score (nSPS) is 11.6. The number of fused-ring (bicyclic) bond motifs is 1. The van der Waals surface area contributed by atoms with Gasteiger partial charge in [-0.05, 0) is 18.2 Å². The summed E-state index contributed by atoms with van der Waals surface area (Å²) in [5.41, 5.74) is -1.28. The summed E-state index contributed by atoms with van der Waals surface area (Å²) in [5.74, 6) is -1.76. The van der Waals surface area contributed by atoms with E-state index in [4.69, 9.17) is 5.11 Å². The molecule has 0 fully saturated rings. The van der Waals surface area contributed by atoms with Gasteiger partial charge in [-0.25, -0.2) is 8.42 Å². The second-order valence-electron chi connectivity index (χ2n) is 4.08. The van der Waals surface area contributed by atoms with E-state index >= 15 is 0 Å². The second kappa shape index (κ2) is 4.93. The van der Waals surface area contributed by atoms with Gasteiger partial charge >= 0.3 is 17.1 Å². The molecular weight excluding hydrogens is 288 g/mol. The fraction of sp³-hybridized carbons (Fsp3) is 0.182. The van der Waals surface area contributed by atoms with Crippen LogP contribution in [0.3, 0.4) is 0 Å². The molecule has 0 unspecified atom stereocenters. The van der Waals surface area contributed by atoms with Crippen molar-refractivity contribution in [2.75, 3.05) is 5.75 Å². The molecule has 0 amide bonds. The van der Waals surface area contributed by atoms with Crippen molar-refractivity contribution in [3.8, 4) is 0 Å². The highest BCUT2D eigenvalue weighted by Crippen LogP contribution is 2.16. The van der Waals surface area contributed by atoms with Crippen LogP contribution in [-0.2, 0) is 14.6 Å². The molecule has 0 aliphatic rings. The molecule has 0 radical (unpaired) electrons. The molecule has 1 heterocycles. The summed E-state index contributed by atoms with van der Waals surface area (Å²) in [5, 5.41) is 8.51. The summed E-state index contributed by atoms with van der Waals surface area (Å²) < 4.78 is 23.8. The topological polar surface area (TPSA) is 137 Å². The fourth-order valence-electron chi connectivity index (χ4n) is 1.63. The van der Waals surface area contributed by atoms with Crippen LogP contribution in [0, 0.1) is 0 Å². The maximum Gasteiger partial charge on any atom is 0.314 e. The number of hydrogen-bond donors (Lipinski definition) is 3. The van der Waals surface area contributed by atoms with E-state index in [0.29, 0.717) is 0 Å². The van der Waals surface area contributed by atoms with E-state index in [9.17, 15) is 22.8 Å². The van der Waals surface area contributed by atoms with E-state index in [-0.39, 0.29) is 15.9 Å². The average molecular weight is 298 g/mol. The first kappa shape index (κ1) is 14.0. The quantitative estimate of drug-likeness (QED) is 0.648. The Morgan fingerprint density at radius 2 is 1.70 bits per heavy atom. The van der Waals surface area contributed by atoms with Gasteiger partial charge in [0.15, 0.2) is 9.84 Å². The van der Waals surface area contributed by atoms with Crippen LogP contribution >= 0.6 is 0 Å². The molecular formula is C11H10N2O6S. The predicted molar refractivity (Wildman–Crippen MR) is 69.5 cm³/mol. The van der Waals surface area contributed by atoms with Crippen molar-refractivity contribution < 1.29 is 18.3 Å². The number of sulfone groups is 1. The monoisotopic (exact) mass is 298 g/mol. The maximum atomic E-state index is 11.9. The predicted octanol–water partition coefficient (Wildman–Crippen LogP) is -0.535. The Morgan fingerprint density at radius 3 is 2.30 bits per heavy atom. The van der Waals surface area contributed by atoms with Crippen molar-refractivity contribution in [2.24, 2.45) is 0 Å². The minimum atomic E-state index is -3.76. The van der Waals surface area contributed by atoms with E-state index in [0.717, 1.165) is 0 Å². The van der Waals surface area contributed by atoms with Crippen molar-refractivity contribution in [1.82, 2.24) is 9.97 Å². The fourth-order valence-corrected chi connectivity index (χ4v) is 2.88. The first-order chi connectivity index (χ1) is 9.29. The summed E-state index contributed by atoms with van der Waals surface area (Å²) in [6.45, 7) is 0. The Hall–Kier alpha value is -2.42. The molecule has 0 saturated heterocycles. The van der Waals surface area contributed by atoms with Gasteiger partial charge in [-0.2, -0.15) is 0 Å². The first-order valence-corrected chi connectivity index (χ1v) is 7.16. The molecule has 3 N–H and O–H groups in total. The molecule has 0 atom stereocenters. The summed E-state index contributed by atoms with van der Waals surface area (Å²) in [7, 11) is -3.76. The number of carboxylic acid groups (broad SMARTS) is 1. The van der Waals surface area contributed by atoms with Crippen LogP contribution < -0.4 is 11.1 Å². The molecule has 0 aliphatic heterocycles. The number of benzene rings is 1. The largest absolute Gasteiger partial charge is 0.481 e. The zero-order valence-corrected chi connectivity index (χ0v) is 10.9. The summed E-state index contributed by atoms with van der Waals surface area (Å²) >= 11 is 0. The zero-order valence-electron chi connectivity index (χ0n) is 10.0. The van der Waals surface area contributed by atoms with Crippen LogP contribution in [0.5, 0.6) is 0 Å². The van der Waals surface area contributed by atoms with Gasteiger partial charge in [0.2, 0.25) is 0 Å².